The molecule has 0 heterocycles. The molecule has 1 atom stereocenters. The molecule has 0 aliphatic rings. The van der Waals surface area contributed by atoms with Crippen LogP contribution in [0.25, 0.3) is 0 Å². The van der Waals surface area contributed by atoms with E-state index in [1.54, 1.807) is 6.08 Å². The fraction of sp³-hybridized carbons (Fsp3) is 0.667. The maximum Gasteiger partial charge on any atom is 0.0718 e. The molecule has 1 unspecified atom stereocenters. The van der Waals surface area contributed by atoms with Crippen LogP contribution in [-0.2, 0) is 0 Å². The summed E-state index contributed by atoms with van der Waals surface area (Å²) in [5.74, 6) is 0. The lowest BCUT2D eigenvalue weighted by Gasteiger charge is -2.03. The Hall–Kier alpha value is -0.560. The van der Waals surface area contributed by atoms with E-state index in [1.165, 1.54) is 25.7 Å². The van der Waals surface area contributed by atoms with Crippen LogP contribution in [0.2, 0.25) is 0 Å². The fourth-order valence-corrected chi connectivity index (χ4v) is 1.29. The van der Waals surface area contributed by atoms with Gasteiger partial charge in [0.1, 0.15) is 0 Å². The number of unbranched alkanes of at least 4 members (excludes halogenated alkanes) is 5. The number of rotatable bonds is 9. The van der Waals surface area contributed by atoms with Crippen LogP contribution in [-0.4, -0.2) is 11.2 Å². The van der Waals surface area contributed by atoms with E-state index in [1.807, 2.05) is 6.08 Å². The van der Waals surface area contributed by atoms with E-state index < -0.39 is 0 Å². The Morgan fingerprint density at radius 3 is 2.23 bits per heavy atom. The minimum atomic E-state index is -0.298. The third-order valence-electron chi connectivity index (χ3n) is 2.18. The van der Waals surface area contributed by atoms with Crippen LogP contribution < -0.4 is 0 Å². The average Bonchev–Trinajstić information content (AvgIpc) is 2.16. The summed E-state index contributed by atoms with van der Waals surface area (Å²) in [7, 11) is 0. The molecule has 0 aromatic carbocycles. The second-order valence-corrected chi connectivity index (χ2v) is 3.44. The van der Waals surface area contributed by atoms with Gasteiger partial charge in [0, 0.05) is 0 Å². The van der Waals surface area contributed by atoms with E-state index in [0.717, 1.165) is 19.3 Å². The molecule has 0 aromatic heterocycles. The molecule has 76 valence electrons. The van der Waals surface area contributed by atoms with Crippen molar-refractivity contribution in [2.24, 2.45) is 0 Å². The zero-order chi connectivity index (χ0) is 9.94. The van der Waals surface area contributed by atoms with Gasteiger partial charge in [0.15, 0.2) is 0 Å². The Balaban J connectivity index is 2.99. The molecular weight excluding hydrogens is 160 g/mol. The van der Waals surface area contributed by atoms with Gasteiger partial charge in [-0.05, 0) is 19.3 Å². The zero-order valence-electron chi connectivity index (χ0n) is 8.54. The summed E-state index contributed by atoms with van der Waals surface area (Å²) in [5.41, 5.74) is 0. The Bertz CT molecular complexity index is 129. The first-order valence-electron chi connectivity index (χ1n) is 5.22. The summed E-state index contributed by atoms with van der Waals surface area (Å²) >= 11 is 0. The van der Waals surface area contributed by atoms with Crippen LogP contribution in [0.5, 0.6) is 0 Å². The smallest absolute Gasteiger partial charge is 0.0718 e. The standard InChI is InChI=1S/C12H22O/c1-3-5-6-7-8-9-10-11-12(13)4-2/h3-4,12-13H,1-2,5-11H2. The molecule has 13 heavy (non-hydrogen) atoms. The predicted octanol–water partition coefficient (Wildman–Crippen LogP) is 3.45. The summed E-state index contributed by atoms with van der Waals surface area (Å²) in [6, 6.07) is 0. The molecular formula is C12H22O. The van der Waals surface area contributed by atoms with Gasteiger partial charge in [-0.15, -0.1) is 13.2 Å². The van der Waals surface area contributed by atoms with Crippen molar-refractivity contribution in [2.75, 3.05) is 0 Å². The average molecular weight is 182 g/mol. The van der Waals surface area contributed by atoms with Crippen molar-refractivity contribution in [3.63, 3.8) is 0 Å². The van der Waals surface area contributed by atoms with E-state index in [9.17, 15) is 0 Å². The van der Waals surface area contributed by atoms with Crippen molar-refractivity contribution in [1.82, 2.24) is 0 Å². The highest BCUT2D eigenvalue weighted by Crippen LogP contribution is 2.08. The summed E-state index contributed by atoms with van der Waals surface area (Å²) < 4.78 is 0. The topological polar surface area (TPSA) is 20.2 Å². The van der Waals surface area contributed by atoms with E-state index >= 15 is 0 Å². The molecule has 0 fully saturated rings. The van der Waals surface area contributed by atoms with Gasteiger partial charge < -0.3 is 5.11 Å². The lowest BCUT2D eigenvalue weighted by atomic mass is 10.1. The minimum absolute atomic E-state index is 0.298. The molecule has 0 aliphatic heterocycles. The monoisotopic (exact) mass is 182 g/mol. The van der Waals surface area contributed by atoms with Crippen molar-refractivity contribution < 1.29 is 5.11 Å². The normalized spacial score (nSPS) is 12.4. The van der Waals surface area contributed by atoms with Crippen LogP contribution in [0, 0.1) is 0 Å². The van der Waals surface area contributed by atoms with Gasteiger partial charge in [-0.1, -0.05) is 37.8 Å². The molecule has 0 bridgehead atoms. The second kappa shape index (κ2) is 9.53. The van der Waals surface area contributed by atoms with Crippen LogP contribution in [0.3, 0.4) is 0 Å². The van der Waals surface area contributed by atoms with E-state index in [-0.39, 0.29) is 6.10 Å². The first-order chi connectivity index (χ1) is 6.31. The van der Waals surface area contributed by atoms with Gasteiger partial charge in [0.05, 0.1) is 6.10 Å². The van der Waals surface area contributed by atoms with Crippen LogP contribution in [0.4, 0.5) is 0 Å². The van der Waals surface area contributed by atoms with Gasteiger partial charge in [-0.2, -0.15) is 0 Å². The largest absolute Gasteiger partial charge is 0.389 e. The van der Waals surface area contributed by atoms with E-state index in [0.29, 0.717) is 0 Å². The summed E-state index contributed by atoms with van der Waals surface area (Å²) in [6.45, 7) is 7.22. The third-order valence-corrected chi connectivity index (χ3v) is 2.18. The highest BCUT2D eigenvalue weighted by Gasteiger charge is 1.96. The van der Waals surface area contributed by atoms with Gasteiger partial charge in [-0.25, -0.2) is 0 Å². The van der Waals surface area contributed by atoms with Crippen LogP contribution in [0.1, 0.15) is 44.9 Å². The summed E-state index contributed by atoms with van der Waals surface area (Å²) in [5, 5.41) is 9.17. The van der Waals surface area contributed by atoms with Crippen molar-refractivity contribution in [1.29, 1.82) is 0 Å². The molecule has 0 aromatic rings. The minimum Gasteiger partial charge on any atom is -0.389 e. The van der Waals surface area contributed by atoms with Gasteiger partial charge in [0.25, 0.3) is 0 Å². The Morgan fingerprint density at radius 2 is 1.62 bits per heavy atom. The predicted molar refractivity (Wildman–Crippen MR) is 58.7 cm³/mol. The van der Waals surface area contributed by atoms with Gasteiger partial charge in [0.2, 0.25) is 0 Å². The van der Waals surface area contributed by atoms with Gasteiger partial charge >= 0.3 is 0 Å². The summed E-state index contributed by atoms with van der Waals surface area (Å²) in [6.07, 6.45) is 11.4. The maximum absolute atomic E-state index is 9.17. The molecule has 0 saturated heterocycles. The quantitative estimate of drug-likeness (QED) is 0.428. The molecule has 1 N–H and O–H groups in total. The molecule has 0 rings (SSSR count). The number of hydrogen-bond acceptors (Lipinski definition) is 1. The fourth-order valence-electron chi connectivity index (χ4n) is 1.29. The number of hydrogen-bond donors (Lipinski definition) is 1. The molecule has 0 saturated carbocycles. The second-order valence-electron chi connectivity index (χ2n) is 3.44. The highest BCUT2D eigenvalue weighted by atomic mass is 16.3. The Morgan fingerprint density at radius 1 is 1.00 bits per heavy atom. The van der Waals surface area contributed by atoms with Crippen molar-refractivity contribution in [2.45, 2.75) is 51.0 Å². The van der Waals surface area contributed by atoms with Crippen molar-refractivity contribution in [3.8, 4) is 0 Å². The number of aliphatic hydroxyl groups excluding tert-OH is 1. The highest BCUT2D eigenvalue weighted by molar-refractivity contribution is 4.77. The molecule has 0 aliphatic carbocycles. The molecule has 0 radical (unpaired) electrons. The van der Waals surface area contributed by atoms with E-state index in [4.69, 9.17) is 5.11 Å². The maximum atomic E-state index is 9.17. The first-order valence-corrected chi connectivity index (χ1v) is 5.22. The van der Waals surface area contributed by atoms with Gasteiger partial charge in [-0.3, -0.25) is 0 Å². The lowest BCUT2D eigenvalue weighted by Crippen LogP contribution is -2.00. The molecule has 0 amide bonds. The molecule has 1 nitrogen and oxygen atoms in total. The number of allylic oxidation sites excluding steroid dienone is 1. The van der Waals surface area contributed by atoms with Crippen LogP contribution >= 0.6 is 0 Å². The Labute approximate surface area is 82.2 Å². The van der Waals surface area contributed by atoms with Crippen LogP contribution in [0.15, 0.2) is 25.3 Å². The lowest BCUT2D eigenvalue weighted by molar-refractivity contribution is 0.208. The summed E-state index contributed by atoms with van der Waals surface area (Å²) in [4.78, 5) is 0. The Kier molecular flexibility index (Phi) is 9.12. The zero-order valence-corrected chi connectivity index (χ0v) is 8.54. The SMILES string of the molecule is C=CCCCCCCCC(O)C=C. The van der Waals surface area contributed by atoms with E-state index in [2.05, 4.69) is 13.2 Å². The first kappa shape index (κ1) is 12.4. The number of aliphatic hydroxyl groups is 1. The van der Waals surface area contributed by atoms with Crippen molar-refractivity contribution in [3.05, 3.63) is 25.3 Å². The molecule has 0 spiro atoms. The molecule has 1 heteroatoms. The third kappa shape index (κ3) is 9.35. The van der Waals surface area contributed by atoms with Crippen molar-refractivity contribution >= 4 is 0 Å².